The lowest BCUT2D eigenvalue weighted by Crippen LogP contribution is -2.43. The quantitative estimate of drug-likeness (QED) is 0.891. The van der Waals surface area contributed by atoms with Crippen molar-refractivity contribution in [3.05, 3.63) is 53.1 Å². The highest BCUT2D eigenvalue weighted by Gasteiger charge is 2.21. The van der Waals surface area contributed by atoms with Gasteiger partial charge < -0.3 is 15.2 Å². The first-order valence-electron chi connectivity index (χ1n) is 7.20. The van der Waals surface area contributed by atoms with Crippen LogP contribution in [0.5, 0.6) is 0 Å². The molecular formula is C16H22N4. The number of rotatable bonds is 4. The second kappa shape index (κ2) is 5.77. The summed E-state index contributed by atoms with van der Waals surface area (Å²) in [4.78, 5) is 9.98. The van der Waals surface area contributed by atoms with Crippen LogP contribution in [0.2, 0.25) is 0 Å². The molecule has 1 aliphatic heterocycles. The summed E-state index contributed by atoms with van der Waals surface area (Å²) in [7, 11) is 2.19. The van der Waals surface area contributed by atoms with Gasteiger partial charge in [-0.05, 0) is 25.1 Å². The van der Waals surface area contributed by atoms with E-state index in [0.29, 0.717) is 6.04 Å². The highest BCUT2D eigenvalue weighted by molar-refractivity contribution is 5.25. The SMILES string of the molecule is Cc1ccccc1CN(C)CC1Cc2nc[nH]c2CN1. The number of imidazole rings is 1. The number of nitrogens with zero attached hydrogens (tertiary/aromatic N) is 2. The summed E-state index contributed by atoms with van der Waals surface area (Å²) in [6, 6.07) is 9.09. The van der Waals surface area contributed by atoms with Crippen molar-refractivity contribution in [1.29, 1.82) is 0 Å². The van der Waals surface area contributed by atoms with Crippen LogP contribution in [0.15, 0.2) is 30.6 Å². The monoisotopic (exact) mass is 270 g/mol. The molecule has 2 N–H and O–H groups in total. The molecule has 1 aromatic carbocycles. The molecule has 1 atom stereocenters. The summed E-state index contributed by atoms with van der Waals surface area (Å²) in [5.41, 5.74) is 5.23. The first-order valence-corrected chi connectivity index (χ1v) is 7.20. The number of benzene rings is 1. The lowest BCUT2D eigenvalue weighted by molar-refractivity contribution is 0.272. The minimum Gasteiger partial charge on any atom is -0.347 e. The van der Waals surface area contributed by atoms with Crippen molar-refractivity contribution in [3.8, 4) is 0 Å². The maximum Gasteiger partial charge on any atom is 0.0925 e. The van der Waals surface area contributed by atoms with Crippen LogP contribution in [0.25, 0.3) is 0 Å². The average molecular weight is 270 g/mol. The fourth-order valence-corrected chi connectivity index (χ4v) is 2.88. The van der Waals surface area contributed by atoms with Crippen molar-refractivity contribution >= 4 is 0 Å². The van der Waals surface area contributed by atoms with Gasteiger partial charge in [0, 0.05) is 32.1 Å². The Bertz CT molecular complexity index is 575. The van der Waals surface area contributed by atoms with E-state index in [1.807, 2.05) is 0 Å². The molecular weight excluding hydrogens is 248 g/mol. The fourth-order valence-electron chi connectivity index (χ4n) is 2.88. The van der Waals surface area contributed by atoms with Crippen LogP contribution in [0.1, 0.15) is 22.5 Å². The Kier molecular flexibility index (Phi) is 3.85. The van der Waals surface area contributed by atoms with Crippen LogP contribution < -0.4 is 5.32 Å². The molecule has 0 radical (unpaired) electrons. The van der Waals surface area contributed by atoms with Gasteiger partial charge in [-0.25, -0.2) is 4.98 Å². The number of fused-ring (bicyclic) bond motifs is 1. The van der Waals surface area contributed by atoms with Crippen LogP contribution in [0.4, 0.5) is 0 Å². The molecule has 1 aliphatic rings. The topological polar surface area (TPSA) is 44.0 Å². The van der Waals surface area contributed by atoms with E-state index in [1.165, 1.54) is 22.5 Å². The number of H-pyrrole nitrogens is 1. The Morgan fingerprint density at radius 2 is 2.20 bits per heavy atom. The lowest BCUT2D eigenvalue weighted by Gasteiger charge is -2.28. The third kappa shape index (κ3) is 2.92. The molecule has 0 spiro atoms. The first kappa shape index (κ1) is 13.3. The van der Waals surface area contributed by atoms with E-state index < -0.39 is 0 Å². The van der Waals surface area contributed by atoms with Gasteiger partial charge in [-0.15, -0.1) is 0 Å². The van der Waals surface area contributed by atoms with Gasteiger partial charge in [0.05, 0.1) is 17.7 Å². The van der Waals surface area contributed by atoms with E-state index in [9.17, 15) is 0 Å². The predicted octanol–water partition coefficient (Wildman–Crippen LogP) is 1.86. The minimum atomic E-state index is 0.486. The maximum absolute atomic E-state index is 4.40. The van der Waals surface area contributed by atoms with Crippen LogP contribution in [0, 0.1) is 6.92 Å². The minimum absolute atomic E-state index is 0.486. The van der Waals surface area contributed by atoms with Crippen molar-refractivity contribution in [2.24, 2.45) is 0 Å². The number of likely N-dealkylation sites (N-methyl/N-ethyl adjacent to an activating group) is 1. The van der Waals surface area contributed by atoms with E-state index in [0.717, 1.165) is 26.1 Å². The maximum atomic E-state index is 4.40. The van der Waals surface area contributed by atoms with Gasteiger partial charge in [0.15, 0.2) is 0 Å². The summed E-state index contributed by atoms with van der Waals surface area (Å²) in [6.07, 6.45) is 2.81. The van der Waals surface area contributed by atoms with E-state index in [1.54, 1.807) is 6.33 Å². The standard InChI is InChI=1S/C16H22N4/c1-12-5-3-4-6-13(12)9-20(2)10-14-7-15-16(8-17-14)19-11-18-15/h3-6,11,14,17H,7-10H2,1-2H3,(H,18,19). The molecule has 3 rings (SSSR count). The zero-order valence-corrected chi connectivity index (χ0v) is 12.2. The highest BCUT2D eigenvalue weighted by Crippen LogP contribution is 2.14. The first-order chi connectivity index (χ1) is 9.72. The molecule has 4 nitrogen and oxygen atoms in total. The normalized spacial score (nSPS) is 18.2. The van der Waals surface area contributed by atoms with Crippen LogP contribution in [-0.2, 0) is 19.5 Å². The Balaban J connectivity index is 1.58. The smallest absolute Gasteiger partial charge is 0.0925 e. The Morgan fingerprint density at radius 3 is 3.05 bits per heavy atom. The van der Waals surface area contributed by atoms with Gasteiger partial charge in [0.1, 0.15) is 0 Å². The van der Waals surface area contributed by atoms with Crippen molar-refractivity contribution < 1.29 is 0 Å². The van der Waals surface area contributed by atoms with Gasteiger partial charge in [0.25, 0.3) is 0 Å². The summed E-state index contributed by atoms with van der Waals surface area (Å²) < 4.78 is 0. The van der Waals surface area contributed by atoms with E-state index >= 15 is 0 Å². The largest absolute Gasteiger partial charge is 0.347 e. The number of aromatic nitrogens is 2. The van der Waals surface area contributed by atoms with Gasteiger partial charge in [-0.1, -0.05) is 24.3 Å². The summed E-state index contributed by atoms with van der Waals surface area (Å²) >= 11 is 0. The highest BCUT2D eigenvalue weighted by atomic mass is 15.1. The van der Waals surface area contributed by atoms with E-state index in [-0.39, 0.29) is 0 Å². The van der Waals surface area contributed by atoms with E-state index in [2.05, 4.69) is 58.4 Å². The average Bonchev–Trinajstić information content (AvgIpc) is 2.89. The molecule has 2 aromatic rings. The number of nitrogens with one attached hydrogen (secondary N) is 2. The molecule has 0 amide bonds. The molecule has 20 heavy (non-hydrogen) atoms. The molecule has 0 fully saturated rings. The van der Waals surface area contributed by atoms with Crippen molar-refractivity contribution in [1.82, 2.24) is 20.2 Å². The van der Waals surface area contributed by atoms with Crippen LogP contribution >= 0.6 is 0 Å². The van der Waals surface area contributed by atoms with Crippen molar-refractivity contribution in [2.45, 2.75) is 32.5 Å². The molecule has 4 heteroatoms. The van der Waals surface area contributed by atoms with Crippen LogP contribution in [0.3, 0.4) is 0 Å². The molecule has 2 heterocycles. The second-order valence-electron chi connectivity index (χ2n) is 5.73. The molecule has 0 aliphatic carbocycles. The predicted molar refractivity (Wildman–Crippen MR) is 80.4 cm³/mol. The summed E-state index contributed by atoms with van der Waals surface area (Å²) in [5.74, 6) is 0. The molecule has 0 bridgehead atoms. The van der Waals surface area contributed by atoms with Crippen LogP contribution in [-0.4, -0.2) is 34.5 Å². The Morgan fingerprint density at radius 1 is 1.35 bits per heavy atom. The number of aromatic amines is 1. The molecule has 0 saturated carbocycles. The summed E-state index contributed by atoms with van der Waals surface area (Å²) in [5, 5.41) is 3.58. The van der Waals surface area contributed by atoms with Gasteiger partial charge in [-0.3, -0.25) is 0 Å². The van der Waals surface area contributed by atoms with Crippen molar-refractivity contribution in [3.63, 3.8) is 0 Å². The molecule has 106 valence electrons. The lowest BCUT2D eigenvalue weighted by atomic mass is 10.0. The van der Waals surface area contributed by atoms with Crippen molar-refractivity contribution in [2.75, 3.05) is 13.6 Å². The zero-order chi connectivity index (χ0) is 13.9. The van der Waals surface area contributed by atoms with Gasteiger partial charge >= 0.3 is 0 Å². The van der Waals surface area contributed by atoms with Gasteiger partial charge in [0.2, 0.25) is 0 Å². The Hall–Kier alpha value is -1.65. The Labute approximate surface area is 120 Å². The number of aryl methyl sites for hydroxylation is 1. The molecule has 1 aromatic heterocycles. The third-order valence-electron chi connectivity index (χ3n) is 4.05. The molecule has 1 unspecified atom stereocenters. The molecule has 0 saturated heterocycles. The fraction of sp³-hybridized carbons (Fsp3) is 0.438. The second-order valence-corrected chi connectivity index (χ2v) is 5.73. The number of hydrogen-bond donors (Lipinski definition) is 2. The van der Waals surface area contributed by atoms with E-state index in [4.69, 9.17) is 0 Å². The zero-order valence-electron chi connectivity index (χ0n) is 12.2. The van der Waals surface area contributed by atoms with Gasteiger partial charge in [-0.2, -0.15) is 0 Å². The summed E-state index contributed by atoms with van der Waals surface area (Å²) in [6.45, 7) is 5.12. The number of hydrogen-bond acceptors (Lipinski definition) is 3. The third-order valence-corrected chi connectivity index (χ3v) is 4.05.